The highest BCUT2D eigenvalue weighted by Crippen LogP contribution is 2.30. The minimum atomic E-state index is -0.613. The molecule has 31 heavy (non-hydrogen) atoms. The largest absolute Gasteiger partial charge is 0.497 e. The van der Waals surface area contributed by atoms with Crippen molar-refractivity contribution >= 4 is 23.2 Å². The number of methoxy groups -OCH3 is 1. The van der Waals surface area contributed by atoms with Crippen molar-refractivity contribution in [2.75, 3.05) is 12.4 Å². The van der Waals surface area contributed by atoms with Crippen LogP contribution in [0.3, 0.4) is 0 Å². The lowest BCUT2D eigenvalue weighted by atomic mass is 10.1. The van der Waals surface area contributed by atoms with Gasteiger partial charge in [-0.2, -0.15) is 0 Å². The number of non-ortho nitro benzene ring substituents is 1. The Labute approximate surface area is 177 Å². The second-order valence-corrected chi connectivity index (χ2v) is 6.56. The summed E-state index contributed by atoms with van der Waals surface area (Å²) >= 11 is 0. The molecule has 9 heteroatoms. The molecule has 0 atom stereocenters. The van der Waals surface area contributed by atoms with E-state index >= 15 is 0 Å². The topological polar surface area (TPSA) is 134 Å². The van der Waals surface area contributed by atoms with E-state index in [1.54, 1.807) is 37.3 Å². The van der Waals surface area contributed by atoms with Gasteiger partial charge in [-0.25, -0.2) is 0 Å². The van der Waals surface area contributed by atoms with E-state index in [-0.39, 0.29) is 17.0 Å². The van der Waals surface area contributed by atoms with Crippen LogP contribution >= 0.6 is 0 Å². The zero-order valence-electron chi connectivity index (χ0n) is 16.7. The van der Waals surface area contributed by atoms with Crippen LogP contribution in [0.2, 0.25) is 0 Å². The van der Waals surface area contributed by atoms with Crippen LogP contribution in [0, 0.1) is 17.0 Å². The molecule has 0 aromatic heterocycles. The Morgan fingerprint density at radius 1 is 0.968 bits per heavy atom. The molecule has 0 fully saturated rings. The number of rotatable bonds is 7. The molecule has 158 valence electrons. The van der Waals surface area contributed by atoms with Crippen molar-refractivity contribution in [3.05, 3.63) is 87.5 Å². The van der Waals surface area contributed by atoms with Crippen LogP contribution in [0.5, 0.6) is 17.2 Å². The number of hydrogen-bond donors (Lipinski definition) is 2. The molecule has 0 heterocycles. The van der Waals surface area contributed by atoms with E-state index in [0.717, 1.165) is 6.07 Å². The molecule has 3 N–H and O–H groups in total. The number of ether oxygens (including phenoxy) is 2. The van der Waals surface area contributed by atoms with Gasteiger partial charge in [0, 0.05) is 23.4 Å². The third kappa shape index (κ3) is 4.96. The number of nitro benzene ring substituents is 1. The highest BCUT2D eigenvalue weighted by Gasteiger charge is 2.19. The third-order valence-corrected chi connectivity index (χ3v) is 4.46. The first-order chi connectivity index (χ1) is 14.8. The van der Waals surface area contributed by atoms with Gasteiger partial charge in [-0.3, -0.25) is 19.7 Å². The molecule has 0 saturated heterocycles. The van der Waals surface area contributed by atoms with Gasteiger partial charge in [-0.05, 0) is 61.0 Å². The van der Waals surface area contributed by atoms with Crippen LogP contribution in [0.15, 0.2) is 60.7 Å². The Hall–Kier alpha value is -4.40. The molecule has 3 rings (SSSR count). The molecular weight excluding hydrogens is 402 g/mol. The average Bonchev–Trinajstić information content (AvgIpc) is 2.74. The Bertz CT molecular complexity index is 1160. The van der Waals surface area contributed by atoms with Gasteiger partial charge in [-0.1, -0.05) is 0 Å². The first-order valence-corrected chi connectivity index (χ1v) is 9.10. The van der Waals surface area contributed by atoms with Crippen molar-refractivity contribution in [3.8, 4) is 17.2 Å². The van der Waals surface area contributed by atoms with Gasteiger partial charge in [0.05, 0.1) is 17.6 Å². The SMILES string of the molecule is COc1ccc(Oc2ccc([N+](=O)[O-])cc2C(=O)Nc2ccc(C(N)=O)c(C)c2)cc1. The van der Waals surface area contributed by atoms with E-state index in [0.29, 0.717) is 28.3 Å². The molecule has 2 amide bonds. The summed E-state index contributed by atoms with van der Waals surface area (Å²) in [5.41, 5.74) is 6.33. The summed E-state index contributed by atoms with van der Waals surface area (Å²) in [5, 5.41) is 13.9. The van der Waals surface area contributed by atoms with Crippen LogP contribution in [0.25, 0.3) is 0 Å². The number of hydrogen-bond acceptors (Lipinski definition) is 6. The predicted molar refractivity (Wildman–Crippen MR) is 114 cm³/mol. The van der Waals surface area contributed by atoms with Gasteiger partial charge >= 0.3 is 0 Å². The van der Waals surface area contributed by atoms with Crippen LogP contribution in [-0.2, 0) is 0 Å². The number of amides is 2. The average molecular weight is 421 g/mol. The Kier molecular flexibility index (Phi) is 6.15. The minimum absolute atomic E-state index is 0.0263. The summed E-state index contributed by atoms with van der Waals surface area (Å²) in [7, 11) is 1.53. The van der Waals surface area contributed by atoms with Crippen LogP contribution < -0.4 is 20.5 Å². The predicted octanol–water partition coefficient (Wildman–Crippen LogP) is 4.06. The highest BCUT2D eigenvalue weighted by atomic mass is 16.6. The smallest absolute Gasteiger partial charge is 0.270 e. The zero-order valence-corrected chi connectivity index (χ0v) is 16.7. The van der Waals surface area contributed by atoms with Gasteiger partial charge in [0.15, 0.2) is 0 Å². The first kappa shape index (κ1) is 21.3. The van der Waals surface area contributed by atoms with Gasteiger partial charge in [-0.15, -0.1) is 0 Å². The maximum atomic E-state index is 12.9. The molecule has 0 unspecified atom stereocenters. The van der Waals surface area contributed by atoms with E-state index in [1.807, 2.05) is 0 Å². The molecule has 0 spiro atoms. The van der Waals surface area contributed by atoms with Gasteiger partial charge in [0.1, 0.15) is 17.2 Å². The zero-order chi connectivity index (χ0) is 22.5. The molecule has 0 aliphatic heterocycles. The van der Waals surface area contributed by atoms with E-state index in [4.69, 9.17) is 15.2 Å². The third-order valence-electron chi connectivity index (χ3n) is 4.46. The highest BCUT2D eigenvalue weighted by molar-refractivity contribution is 6.07. The summed E-state index contributed by atoms with van der Waals surface area (Å²) in [4.78, 5) is 34.9. The molecular formula is C22H19N3O6. The van der Waals surface area contributed by atoms with Gasteiger partial charge in [0.25, 0.3) is 11.6 Å². The number of anilines is 1. The lowest BCUT2D eigenvalue weighted by Gasteiger charge is -2.13. The number of carbonyl (C=O) groups is 2. The maximum absolute atomic E-state index is 12.9. The van der Waals surface area contributed by atoms with Crippen molar-refractivity contribution in [3.63, 3.8) is 0 Å². The summed E-state index contributed by atoms with van der Waals surface area (Å²) < 4.78 is 10.9. The van der Waals surface area contributed by atoms with Crippen molar-refractivity contribution in [1.82, 2.24) is 0 Å². The Balaban J connectivity index is 1.92. The fourth-order valence-corrected chi connectivity index (χ4v) is 2.89. The number of nitrogens with two attached hydrogens (primary N) is 1. The Morgan fingerprint density at radius 3 is 2.23 bits per heavy atom. The molecule has 9 nitrogen and oxygen atoms in total. The lowest BCUT2D eigenvalue weighted by molar-refractivity contribution is -0.384. The molecule has 3 aromatic carbocycles. The number of carbonyl (C=O) groups excluding carboxylic acids is 2. The van der Waals surface area contributed by atoms with Crippen molar-refractivity contribution in [1.29, 1.82) is 0 Å². The summed E-state index contributed by atoms with van der Waals surface area (Å²) in [6.45, 7) is 1.68. The van der Waals surface area contributed by atoms with E-state index in [1.165, 1.54) is 31.4 Å². The molecule has 0 bridgehead atoms. The number of benzene rings is 3. The standard InChI is InChI=1S/C22H19N3O6/c1-13-11-14(3-9-18(13)21(23)26)24-22(27)19-12-15(25(28)29)4-10-20(19)31-17-7-5-16(30-2)6-8-17/h3-12H,1-2H3,(H2,23,26)(H,24,27). The number of primary amides is 1. The fraction of sp³-hybridized carbons (Fsp3) is 0.0909. The fourth-order valence-electron chi connectivity index (χ4n) is 2.89. The van der Waals surface area contributed by atoms with Crippen LogP contribution in [-0.4, -0.2) is 23.8 Å². The lowest BCUT2D eigenvalue weighted by Crippen LogP contribution is -2.15. The second-order valence-electron chi connectivity index (χ2n) is 6.56. The molecule has 0 radical (unpaired) electrons. The second kappa shape index (κ2) is 8.95. The van der Waals surface area contributed by atoms with Gasteiger partial charge in [0.2, 0.25) is 5.91 Å². The monoisotopic (exact) mass is 421 g/mol. The number of nitro groups is 1. The molecule has 0 aliphatic carbocycles. The minimum Gasteiger partial charge on any atom is -0.497 e. The normalized spacial score (nSPS) is 10.3. The van der Waals surface area contributed by atoms with E-state index in [9.17, 15) is 19.7 Å². The van der Waals surface area contributed by atoms with Crippen LogP contribution in [0.4, 0.5) is 11.4 Å². The number of aryl methyl sites for hydroxylation is 1. The summed E-state index contributed by atoms with van der Waals surface area (Å²) in [6, 6.07) is 15.0. The van der Waals surface area contributed by atoms with Crippen molar-refractivity contribution in [2.24, 2.45) is 5.73 Å². The summed E-state index contributed by atoms with van der Waals surface area (Å²) in [5.74, 6) is -0.00410. The quantitative estimate of drug-likeness (QED) is 0.436. The van der Waals surface area contributed by atoms with Gasteiger partial charge < -0.3 is 20.5 Å². The first-order valence-electron chi connectivity index (χ1n) is 9.10. The Morgan fingerprint density at radius 2 is 1.65 bits per heavy atom. The molecule has 3 aromatic rings. The van der Waals surface area contributed by atoms with E-state index in [2.05, 4.69) is 5.32 Å². The van der Waals surface area contributed by atoms with Crippen LogP contribution in [0.1, 0.15) is 26.3 Å². The molecule has 0 aliphatic rings. The molecule has 0 saturated carbocycles. The summed E-state index contributed by atoms with van der Waals surface area (Å²) in [6.07, 6.45) is 0. The maximum Gasteiger partial charge on any atom is 0.270 e. The van der Waals surface area contributed by atoms with Crippen molar-refractivity contribution < 1.29 is 24.0 Å². The number of nitrogens with one attached hydrogen (secondary N) is 1. The van der Waals surface area contributed by atoms with E-state index < -0.39 is 16.7 Å². The van der Waals surface area contributed by atoms with Crippen molar-refractivity contribution in [2.45, 2.75) is 6.92 Å². The number of nitrogens with zero attached hydrogens (tertiary/aromatic N) is 1.